The van der Waals surface area contributed by atoms with Crippen LogP contribution >= 0.6 is 0 Å². The van der Waals surface area contributed by atoms with Crippen LogP contribution in [0.5, 0.6) is 0 Å². The van der Waals surface area contributed by atoms with Crippen molar-refractivity contribution in [3.8, 4) is 0 Å². The van der Waals surface area contributed by atoms with Gasteiger partial charge in [0.1, 0.15) is 5.82 Å². The van der Waals surface area contributed by atoms with E-state index in [2.05, 4.69) is 20.8 Å². The Kier molecular flexibility index (Phi) is 4.09. The van der Waals surface area contributed by atoms with Crippen molar-refractivity contribution < 1.29 is 4.39 Å². The molecular formula is C14H22FN. The second-order valence-corrected chi connectivity index (χ2v) is 5.59. The van der Waals surface area contributed by atoms with Gasteiger partial charge in [-0.3, -0.25) is 0 Å². The highest BCUT2D eigenvalue weighted by atomic mass is 19.1. The highest BCUT2D eigenvalue weighted by Gasteiger charge is 2.19. The van der Waals surface area contributed by atoms with E-state index in [-0.39, 0.29) is 17.3 Å². The molecule has 0 aromatic heterocycles. The Morgan fingerprint density at radius 3 is 2.44 bits per heavy atom. The second-order valence-electron chi connectivity index (χ2n) is 5.59. The Morgan fingerprint density at radius 2 is 1.94 bits per heavy atom. The summed E-state index contributed by atoms with van der Waals surface area (Å²) in [5, 5.41) is 0. The first-order valence-corrected chi connectivity index (χ1v) is 5.81. The van der Waals surface area contributed by atoms with Crippen molar-refractivity contribution in [3.63, 3.8) is 0 Å². The monoisotopic (exact) mass is 223 g/mol. The molecule has 0 spiro atoms. The van der Waals surface area contributed by atoms with Gasteiger partial charge in [0, 0.05) is 6.04 Å². The Labute approximate surface area is 97.9 Å². The first-order chi connectivity index (χ1) is 7.30. The van der Waals surface area contributed by atoms with Gasteiger partial charge in [-0.2, -0.15) is 0 Å². The third-order valence-electron chi connectivity index (χ3n) is 3.08. The third-order valence-corrected chi connectivity index (χ3v) is 3.08. The van der Waals surface area contributed by atoms with E-state index < -0.39 is 0 Å². The van der Waals surface area contributed by atoms with Gasteiger partial charge < -0.3 is 5.73 Å². The summed E-state index contributed by atoms with van der Waals surface area (Å²) in [6.45, 7) is 8.23. The molecule has 0 aliphatic rings. The normalized spacial score (nSPS) is 13.9. The quantitative estimate of drug-likeness (QED) is 0.834. The summed E-state index contributed by atoms with van der Waals surface area (Å²) in [6, 6.07) is 5.47. The van der Waals surface area contributed by atoms with Crippen LogP contribution in [0, 0.1) is 18.2 Å². The van der Waals surface area contributed by atoms with Crippen molar-refractivity contribution in [2.45, 2.75) is 46.6 Å². The molecule has 1 nitrogen and oxygen atoms in total. The summed E-state index contributed by atoms with van der Waals surface area (Å²) in [7, 11) is 0. The van der Waals surface area contributed by atoms with E-state index in [1.807, 2.05) is 12.1 Å². The van der Waals surface area contributed by atoms with E-state index >= 15 is 0 Å². The Morgan fingerprint density at radius 1 is 1.31 bits per heavy atom. The largest absolute Gasteiger partial charge is 0.327 e. The first-order valence-electron chi connectivity index (χ1n) is 5.81. The topological polar surface area (TPSA) is 26.0 Å². The molecular weight excluding hydrogens is 201 g/mol. The van der Waals surface area contributed by atoms with Crippen molar-refractivity contribution in [2.24, 2.45) is 11.1 Å². The Bertz CT molecular complexity index is 352. The Hall–Kier alpha value is -0.890. The van der Waals surface area contributed by atoms with Crippen molar-refractivity contribution in [2.75, 3.05) is 0 Å². The van der Waals surface area contributed by atoms with Crippen LogP contribution in [0.4, 0.5) is 4.39 Å². The van der Waals surface area contributed by atoms with E-state index in [0.717, 1.165) is 12.8 Å². The minimum absolute atomic E-state index is 0.134. The van der Waals surface area contributed by atoms with Crippen LogP contribution in [0.15, 0.2) is 18.2 Å². The molecule has 0 saturated heterocycles. The van der Waals surface area contributed by atoms with Crippen LogP contribution in [-0.4, -0.2) is 6.04 Å². The molecule has 1 aromatic carbocycles. The van der Waals surface area contributed by atoms with E-state index in [0.29, 0.717) is 5.56 Å². The minimum atomic E-state index is -0.135. The summed E-state index contributed by atoms with van der Waals surface area (Å²) in [4.78, 5) is 0. The molecule has 0 radical (unpaired) electrons. The number of nitrogens with two attached hydrogens (primary N) is 1. The molecule has 0 bridgehead atoms. The summed E-state index contributed by atoms with van der Waals surface area (Å²) < 4.78 is 13.1. The molecule has 0 amide bonds. The van der Waals surface area contributed by atoms with Gasteiger partial charge in [-0.25, -0.2) is 4.39 Å². The molecule has 0 fully saturated rings. The molecule has 1 atom stereocenters. The van der Waals surface area contributed by atoms with Crippen molar-refractivity contribution in [1.82, 2.24) is 0 Å². The average molecular weight is 223 g/mol. The van der Waals surface area contributed by atoms with Crippen LogP contribution in [0.2, 0.25) is 0 Å². The smallest absolute Gasteiger partial charge is 0.126 e. The van der Waals surface area contributed by atoms with E-state index in [4.69, 9.17) is 5.73 Å². The zero-order valence-electron chi connectivity index (χ0n) is 10.7. The van der Waals surface area contributed by atoms with Gasteiger partial charge in [-0.1, -0.05) is 32.9 Å². The van der Waals surface area contributed by atoms with Gasteiger partial charge in [-0.05, 0) is 42.4 Å². The van der Waals surface area contributed by atoms with E-state index in [1.165, 1.54) is 11.6 Å². The molecule has 2 heteroatoms. The number of benzene rings is 1. The lowest BCUT2D eigenvalue weighted by atomic mass is 9.84. The maximum absolute atomic E-state index is 13.1. The molecule has 0 aliphatic carbocycles. The summed E-state index contributed by atoms with van der Waals surface area (Å²) >= 11 is 0. The average Bonchev–Trinajstić information content (AvgIpc) is 2.18. The number of rotatable bonds is 3. The van der Waals surface area contributed by atoms with Gasteiger partial charge in [0.15, 0.2) is 0 Å². The highest BCUT2D eigenvalue weighted by Crippen LogP contribution is 2.21. The van der Waals surface area contributed by atoms with Crippen LogP contribution < -0.4 is 5.73 Å². The van der Waals surface area contributed by atoms with Gasteiger partial charge in [0.05, 0.1) is 0 Å². The van der Waals surface area contributed by atoms with Gasteiger partial charge >= 0.3 is 0 Å². The summed E-state index contributed by atoms with van der Waals surface area (Å²) in [5.74, 6) is -0.135. The lowest BCUT2D eigenvalue weighted by molar-refractivity contribution is 0.306. The second kappa shape index (κ2) is 4.96. The third kappa shape index (κ3) is 3.60. The standard InChI is InChI=1S/C14H22FN/c1-10-9-11(5-7-12(10)15)6-8-13(16)14(2,3)4/h5,7,9,13H,6,8,16H2,1-4H3. The fourth-order valence-corrected chi connectivity index (χ4v) is 1.62. The molecule has 1 aromatic rings. The molecule has 2 N–H and O–H groups in total. The van der Waals surface area contributed by atoms with Gasteiger partial charge in [-0.15, -0.1) is 0 Å². The maximum Gasteiger partial charge on any atom is 0.126 e. The fourth-order valence-electron chi connectivity index (χ4n) is 1.62. The molecule has 1 rings (SSSR count). The zero-order valence-corrected chi connectivity index (χ0v) is 10.7. The Balaban J connectivity index is 2.58. The maximum atomic E-state index is 13.1. The molecule has 90 valence electrons. The van der Waals surface area contributed by atoms with Crippen LogP contribution in [-0.2, 0) is 6.42 Å². The van der Waals surface area contributed by atoms with Crippen molar-refractivity contribution in [1.29, 1.82) is 0 Å². The van der Waals surface area contributed by atoms with Gasteiger partial charge in [0.2, 0.25) is 0 Å². The number of halogens is 1. The molecule has 0 saturated carbocycles. The number of aryl methyl sites for hydroxylation is 2. The van der Waals surface area contributed by atoms with Crippen molar-refractivity contribution in [3.05, 3.63) is 35.1 Å². The highest BCUT2D eigenvalue weighted by molar-refractivity contribution is 5.24. The lowest BCUT2D eigenvalue weighted by Crippen LogP contribution is -2.35. The first kappa shape index (κ1) is 13.2. The predicted molar refractivity (Wildman–Crippen MR) is 66.9 cm³/mol. The number of hydrogen-bond acceptors (Lipinski definition) is 1. The lowest BCUT2D eigenvalue weighted by Gasteiger charge is -2.27. The van der Waals surface area contributed by atoms with E-state index in [1.54, 1.807) is 6.92 Å². The predicted octanol–water partition coefficient (Wildman–Crippen LogP) is 3.44. The molecule has 0 aliphatic heterocycles. The fraction of sp³-hybridized carbons (Fsp3) is 0.571. The molecule has 16 heavy (non-hydrogen) atoms. The SMILES string of the molecule is Cc1cc(CCC(N)C(C)(C)C)ccc1F. The van der Waals surface area contributed by atoms with Crippen LogP contribution in [0.3, 0.4) is 0 Å². The number of hydrogen-bond donors (Lipinski definition) is 1. The minimum Gasteiger partial charge on any atom is -0.327 e. The van der Waals surface area contributed by atoms with E-state index in [9.17, 15) is 4.39 Å². The van der Waals surface area contributed by atoms with Crippen LogP contribution in [0.25, 0.3) is 0 Å². The zero-order chi connectivity index (χ0) is 12.3. The molecule has 1 unspecified atom stereocenters. The molecule has 0 heterocycles. The summed E-state index contributed by atoms with van der Waals surface area (Å²) in [5.41, 5.74) is 8.10. The van der Waals surface area contributed by atoms with Gasteiger partial charge in [0.25, 0.3) is 0 Å². The van der Waals surface area contributed by atoms with Crippen LogP contribution in [0.1, 0.15) is 38.3 Å². The van der Waals surface area contributed by atoms with Crippen molar-refractivity contribution >= 4 is 0 Å². The summed E-state index contributed by atoms with van der Waals surface area (Å²) in [6.07, 6.45) is 1.86.